The Morgan fingerprint density at radius 3 is 2.80 bits per heavy atom. The molecule has 1 rings (SSSR count). The van der Waals surface area contributed by atoms with Crippen LogP contribution in [0.4, 0.5) is 0 Å². The molecule has 88 valence electrons. The number of hydrogen-bond donors (Lipinski definition) is 2. The summed E-state index contributed by atoms with van der Waals surface area (Å²) in [6.07, 6.45) is 7.00. The average molecular weight is 214 g/mol. The van der Waals surface area contributed by atoms with Crippen molar-refractivity contribution < 1.29 is 15.0 Å². The van der Waals surface area contributed by atoms with Gasteiger partial charge in [0.05, 0.1) is 12.0 Å². The van der Waals surface area contributed by atoms with Crippen molar-refractivity contribution in [2.45, 2.75) is 63.9 Å². The lowest BCUT2D eigenvalue weighted by molar-refractivity contribution is -0.144. The summed E-state index contributed by atoms with van der Waals surface area (Å²) >= 11 is 0. The Bertz CT molecular complexity index is 215. The molecule has 1 aliphatic carbocycles. The Morgan fingerprint density at radius 1 is 1.47 bits per heavy atom. The van der Waals surface area contributed by atoms with E-state index in [0.717, 1.165) is 25.7 Å². The summed E-state index contributed by atoms with van der Waals surface area (Å²) in [7, 11) is 0. The van der Waals surface area contributed by atoms with Gasteiger partial charge >= 0.3 is 5.97 Å². The van der Waals surface area contributed by atoms with E-state index in [1.165, 1.54) is 12.8 Å². The van der Waals surface area contributed by atoms with Crippen LogP contribution in [-0.4, -0.2) is 21.8 Å². The monoisotopic (exact) mass is 214 g/mol. The Morgan fingerprint density at radius 2 is 2.20 bits per heavy atom. The van der Waals surface area contributed by atoms with Crippen LogP contribution in [0.25, 0.3) is 0 Å². The number of rotatable bonds is 6. The fourth-order valence-corrected chi connectivity index (χ4v) is 2.68. The summed E-state index contributed by atoms with van der Waals surface area (Å²) in [5.74, 6) is -0.667. The van der Waals surface area contributed by atoms with E-state index in [9.17, 15) is 9.90 Å². The van der Waals surface area contributed by atoms with E-state index in [0.29, 0.717) is 6.42 Å². The van der Waals surface area contributed by atoms with Crippen molar-refractivity contribution >= 4 is 5.97 Å². The smallest absolute Gasteiger partial charge is 0.306 e. The summed E-state index contributed by atoms with van der Waals surface area (Å²) < 4.78 is 0. The first kappa shape index (κ1) is 12.5. The summed E-state index contributed by atoms with van der Waals surface area (Å²) in [5, 5.41) is 19.0. The zero-order valence-corrected chi connectivity index (χ0v) is 9.54. The largest absolute Gasteiger partial charge is 0.481 e. The minimum atomic E-state index is -0.917. The van der Waals surface area contributed by atoms with Gasteiger partial charge in [0.25, 0.3) is 0 Å². The molecule has 0 aromatic rings. The number of carboxylic acid groups (broad SMARTS) is 1. The van der Waals surface area contributed by atoms with Crippen molar-refractivity contribution in [2.24, 2.45) is 5.92 Å². The number of unbranched alkanes of at least 4 members (excludes halogenated alkanes) is 2. The average Bonchev–Trinajstić information content (AvgIpc) is 2.47. The van der Waals surface area contributed by atoms with Gasteiger partial charge in [-0.1, -0.05) is 32.6 Å². The van der Waals surface area contributed by atoms with Gasteiger partial charge in [-0.15, -0.1) is 0 Å². The molecule has 0 spiro atoms. The first-order valence-electron chi connectivity index (χ1n) is 6.02. The highest BCUT2D eigenvalue weighted by atomic mass is 16.4. The lowest BCUT2D eigenvalue weighted by atomic mass is 9.84. The minimum Gasteiger partial charge on any atom is -0.481 e. The molecule has 0 saturated heterocycles. The predicted octanol–water partition coefficient (Wildman–Crippen LogP) is 2.57. The topological polar surface area (TPSA) is 57.5 Å². The summed E-state index contributed by atoms with van der Waals surface area (Å²) in [4.78, 5) is 10.7. The molecule has 0 heterocycles. The van der Waals surface area contributed by atoms with Crippen molar-refractivity contribution in [3.8, 4) is 0 Å². The molecule has 2 N–H and O–H groups in total. The number of aliphatic hydroxyl groups is 1. The fraction of sp³-hybridized carbons (Fsp3) is 0.917. The van der Waals surface area contributed by atoms with E-state index in [4.69, 9.17) is 5.11 Å². The summed E-state index contributed by atoms with van der Waals surface area (Å²) in [6, 6.07) is 0. The highest BCUT2D eigenvalue weighted by Crippen LogP contribution is 2.41. The number of hydrogen-bond acceptors (Lipinski definition) is 2. The fourth-order valence-electron chi connectivity index (χ4n) is 2.68. The molecular weight excluding hydrogens is 192 g/mol. The maximum Gasteiger partial charge on any atom is 0.306 e. The van der Waals surface area contributed by atoms with Gasteiger partial charge in [0.2, 0.25) is 0 Å². The third kappa shape index (κ3) is 3.49. The van der Waals surface area contributed by atoms with Crippen molar-refractivity contribution in [1.82, 2.24) is 0 Å². The maximum absolute atomic E-state index is 10.7. The number of carbonyl (C=O) groups is 1. The second kappa shape index (κ2) is 5.50. The first-order valence-corrected chi connectivity index (χ1v) is 6.02. The van der Waals surface area contributed by atoms with Crippen molar-refractivity contribution in [1.29, 1.82) is 0 Å². The maximum atomic E-state index is 10.7. The molecule has 0 radical (unpaired) electrons. The first-order chi connectivity index (χ1) is 7.08. The third-order valence-electron chi connectivity index (χ3n) is 3.54. The molecule has 3 heteroatoms. The zero-order chi connectivity index (χ0) is 11.3. The van der Waals surface area contributed by atoms with E-state index in [1.807, 2.05) is 0 Å². The van der Waals surface area contributed by atoms with E-state index >= 15 is 0 Å². The minimum absolute atomic E-state index is 0.0796. The Hall–Kier alpha value is -0.570. The summed E-state index contributed by atoms with van der Waals surface area (Å²) in [6.45, 7) is 2.15. The van der Waals surface area contributed by atoms with Crippen LogP contribution in [0.15, 0.2) is 0 Å². The highest BCUT2D eigenvalue weighted by molar-refractivity contribution is 5.68. The van der Waals surface area contributed by atoms with Crippen LogP contribution in [0.1, 0.15) is 58.3 Å². The van der Waals surface area contributed by atoms with E-state index in [1.54, 1.807) is 0 Å². The molecule has 3 nitrogen and oxygen atoms in total. The molecule has 2 atom stereocenters. The van der Waals surface area contributed by atoms with Gasteiger partial charge < -0.3 is 10.2 Å². The van der Waals surface area contributed by atoms with Gasteiger partial charge in [0, 0.05) is 0 Å². The molecule has 15 heavy (non-hydrogen) atoms. The van der Waals surface area contributed by atoms with Gasteiger partial charge in [-0.2, -0.15) is 0 Å². The van der Waals surface area contributed by atoms with Crippen LogP contribution in [0, 0.1) is 5.92 Å². The van der Waals surface area contributed by atoms with Gasteiger partial charge in [0.15, 0.2) is 0 Å². The molecule has 0 aromatic carbocycles. The van der Waals surface area contributed by atoms with E-state index < -0.39 is 11.6 Å². The van der Waals surface area contributed by atoms with Gasteiger partial charge in [0.1, 0.15) is 0 Å². The number of carboxylic acids is 1. The molecule has 0 aliphatic heterocycles. The van der Waals surface area contributed by atoms with E-state index in [-0.39, 0.29) is 12.3 Å². The van der Waals surface area contributed by atoms with Crippen LogP contribution >= 0.6 is 0 Å². The second-order valence-corrected chi connectivity index (χ2v) is 4.76. The zero-order valence-electron chi connectivity index (χ0n) is 9.54. The molecule has 1 fully saturated rings. The Balaban J connectivity index is 2.44. The lowest BCUT2D eigenvalue weighted by Crippen LogP contribution is -2.35. The van der Waals surface area contributed by atoms with Crippen LogP contribution in [0.2, 0.25) is 0 Å². The van der Waals surface area contributed by atoms with Crippen molar-refractivity contribution in [2.75, 3.05) is 0 Å². The lowest BCUT2D eigenvalue weighted by Gasteiger charge is -2.28. The SMILES string of the molecule is CCCCCC1CCCC1(O)CC(=O)O. The molecule has 1 aliphatic rings. The van der Waals surface area contributed by atoms with Crippen LogP contribution < -0.4 is 0 Å². The number of aliphatic carboxylic acids is 1. The van der Waals surface area contributed by atoms with Gasteiger partial charge in [-0.05, 0) is 25.2 Å². The van der Waals surface area contributed by atoms with Crippen molar-refractivity contribution in [3.05, 3.63) is 0 Å². The predicted molar refractivity (Wildman–Crippen MR) is 58.7 cm³/mol. The second-order valence-electron chi connectivity index (χ2n) is 4.76. The van der Waals surface area contributed by atoms with Crippen LogP contribution in [0.5, 0.6) is 0 Å². The molecule has 0 amide bonds. The summed E-state index contributed by atoms with van der Waals surface area (Å²) in [5.41, 5.74) is -0.917. The third-order valence-corrected chi connectivity index (χ3v) is 3.54. The van der Waals surface area contributed by atoms with Crippen LogP contribution in [0.3, 0.4) is 0 Å². The standard InChI is InChI=1S/C12H22O3/c1-2-3-4-6-10-7-5-8-12(10,15)9-11(13)14/h10,15H,2-9H2,1H3,(H,13,14). The molecule has 0 aromatic heterocycles. The van der Waals surface area contributed by atoms with Gasteiger partial charge in [-0.3, -0.25) is 4.79 Å². The van der Waals surface area contributed by atoms with E-state index in [2.05, 4.69) is 6.92 Å². The molecule has 1 saturated carbocycles. The van der Waals surface area contributed by atoms with Crippen molar-refractivity contribution in [3.63, 3.8) is 0 Å². The highest BCUT2D eigenvalue weighted by Gasteiger charge is 2.41. The Labute approximate surface area is 91.5 Å². The normalized spacial score (nSPS) is 30.7. The molecule has 0 bridgehead atoms. The quantitative estimate of drug-likeness (QED) is 0.668. The molecular formula is C12H22O3. The molecule has 2 unspecified atom stereocenters. The Kier molecular flexibility index (Phi) is 4.58. The van der Waals surface area contributed by atoms with Gasteiger partial charge in [-0.25, -0.2) is 0 Å². The van der Waals surface area contributed by atoms with Crippen LogP contribution in [-0.2, 0) is 4.79 Å².